The van der Waals surface area contributed by atoms with E-state index in [4.69, 9.17) is 5.73 Å². The first-order valence-electron chi connectivity index (χ1n) is 7.95. The molecule has 1 unspecified atom stereocenters. The van der Waals surface area contributed by atoms with Gasteiger partial charge in [0.2, 0.25) is 5.91 Å². The Bertz CT molecular complexity index is 993. The first-order valence-corrected chi connectivity index (χ1v) is 7.95. The van der Waals surface area contributed by atoms with Crippen LogP contribution in [0.3, 0.4) is 0 Å². The molecule has 0 radical (unpaired) electrons. The molecule has 0 saturated carbocycles. The molecule has 0 aliphatic rings. The van der Waals surface area contributed by atoms with E-state index in [9.17, 15) is 19.5 Å². The summed E-state index contributed by atoms with van der Waals surface area (Å²) in [6, 6.07) is 12.4. The largest absolute Gasteiger partial charge is 0.480 e. The molecular weight excluding hydrogens is 334 g/mol. The number of aliphatic carboxylic acids is 1. The molecule has 5 N–H and O–H groups in total. The number of rotatable bonds is 6. The molecule has 3 rings (SSSR count). The lowest BCUT2D eigenvalue weighted by Gasteiger charge is -2.15. The Morgan fingerprint density at radius 2 is 1.69 bits per heavy atom. The summed E-state index contributed by atoms with van der Waals surface area (Å²) in [6.07, 6.45) is 1.83. The minimum atomic E-state index is -1.17. The first-order chi connectivity index (χ1) is 12.5. The summed E-state index contributed by atoms with van der Waals surface area (Å²) >= 11 is 0. The van der Waals surface area contributed by atoms with Crippen LogP contribution in [-0.4, -0.2) is 33.9 Å². The normalized spacial score (nSPS) is 11.8. The number of benzene rings is 2. The standard InChI is InChI=1S/C19H17N3O4/c20-17(23)13-6-1-2-7-14(13)18(24)22-16(19(25)26)9-11-10-21-15-8-4-3-5-12(11)15/h1-8,10,16,21H,9H2,(H2,20,23)(H,22,24)(H,25,26). The minimum absolute atomic E-state index is 0.0428. The van der Waals surface area contributed by atoms with Crippen molar-refractivity contribution in [3.05, 3.63) is 71.4 Å². The van der Waals surface area contributed by atoms with Crippen molar-refractivity contribution in [1.82, 2.24) is 10.3 Å². The Kier molecular flexibility index (Phi) is 4.70. The van der Waals surface area contributed by atoms with Gasteiger partial charge in [-0.2, -0.15) is 0 Å². The molecule has 1 aromatic heterocycles. The zero-order valence-corrected chi connectivity index (χ0v) is 13.7. The number of fused-ring (bicyclic) bond motifs is 1. The second-order valence-electron chi connectivity index (χ2n) is 5.84. The van der Waals surface area contributed by atoms with Crippen molar-refractivity contribution in [3.8, 4) is 0 Å². The van der Waals surface area contributed by atoms with Crippen LogP contribution in [0.5, 0.6) is 0 Å². The Morgan fingerprint density at radius 1 is 1.04 bits per heavy atom. The third kappa shape index (κ3) is 3.41. The zero-order valence-electron chi connectivity index (χ0n) is 13.7. The lowest BCUT2D eigenvalue weighted by Crippen LogP contribution is -2.42. The molecule has 0 spiro atoms. The van der Waals surface area contributed by atoms with E-state index in [-0.39, 0.29) is 17.5 Å². The van der Waals surface area contributed by atoms with Gasteiger partial charge < -0.3 is 21.1 Å². The van der Waals surface area contributed by atoms with Crippen LogP contribution in [0.4, 0.5) is 0 Å². The van der Waals surface area contributed by atoms with Gasteiger partial charge in [-0.15, -0.1) is 0 Å². The highest BCUT2D eigenvalue weighted by Crippen LogP contribution is 2.19. The van der Waals surface area contributed by atoms with Gasteiger partial charge in [-0.3, -0.25) is 9.59 Å². The second kappa shape index (κ2) is 7.10. The maximum atomic E-state index is 12.5. The average Bonchev–Trinajstić information content (AvgIpc) is 3.04. The Labute approximate surface area is 148 Å². The highest BCUT2D eigenvalue weighted by molar-refractivity contribution is 6.07. The number of nitrogens with two attached hydrogens (primary N) is 1. The van der Waals surface area contributed by atoms with Crippen molar-refractivity contribution in [1.29, 1.82) is 0 Å². The predicted octanol–water partition coefficient (Wildman–Crippen LogP) is 1.69. The number of carboxylic acids is 1. The summed E-state index contributed by atoms with van der Waals surface area (Å²) in [5, 5.41) is 12.9. The highest BCUT2D eigenvalue weighted by atomic mass is 16.4. The van der Waals surface area contributed by atoms with Gasteiger partial charge in [-0.05, 0) is 23.8 Å². The third-order valence-corrected chi connectivity index (χ3v) is 4.14. The van der Waals surface area contributed by atoms with Crippen LogP contribution in [0.15, 0.2) is 54.7 Å². The first kappa shape index (κ1) is 17.2. The fraction of sp³-hybridized carbons (Fsp3) is 0.105. The molecule has 7 nitrogen and oxygen atoms in total. The zero-order chi connectivity index (χ0) is 18.7. The summed E-state index contributed by atoms with van der Waals surface area (Å²) in [4.78, 5) is 38.7. The molecule has 0 aliphatic heterocycles. The molecule has 26 heavy (non-hydrogen) atoms. The summed E-state index contributed by atoms with van der Waals surface area (Å²) < 4.78 is 0. The van der Waals surface area contributed by atoms with Gasteiger partial charge in [-0.1, -0.05) is 30.3 Å². The van der Waals surface area contributed by atoms with E-state index >= 15 is 0 Å². The van der Waals surface area contributed by atoms with Crippen molar-refractivity contribution < 1.29 is 19.5 Å². The number of hydrogen-bond acceptors (Lipinski definition) is 3. The molecule has 2 amide bonds. The molecule has 2 aromatic carbocycles. The number of primary amides is 1. The van der Waals surface area contributed by atoms with Crippen molar-refractivity contribution in [2.24, 2.45) is 5.73 Å². The fourth-order valence-electron chi connectivity index (χ4n) is 2.85. The fourth-order valence-corrected chi connectivity index (χ4v) is 2.85. The molecule has 3 aromatic rings. The Morgan fingerprint density at radius 3 is 2.38 bits per heavy atom. The Hall–Kier alpha value is -3.61. The van der Waals surface area contributed by atoms with E-state index in [0.29, 0.717) is 0 Å². The SMILES string of the molecule is NC(=O)c1ccccc1C(=O)NC(Cc1c[nH]c2ccccc12)C(=O)O. The second-order valence-corrected chi connectivity index (χ2v) is 5.84. The maximum Gasteiger partial charge on any atom is 0.326 e. The number of H-pyrrole nitrogens is 1. The molecule has 0 bridgehead atoms. The van der Waals surface area contributed by atoms with Crippen molar-refractivity contribution in [2.45, 2.75) is 12.5 Å². The van der Waals surface area contributed by atoms with Gasteiger partial charge in [0.15, 0.2) is 0 Å². The number of aromatic amines is 1. The van der Waals surface area contributed by atoms with Crippen LogP contribution in [0, 0.1) is 0 Å². The van der Waals surface area contributed by atoms with Crippen LogP contribution in [-0.2, 0) is 11.2 Å². The van der Waals surface area contributed by atoms with Gasteiger partial charge in [0.25, 0.3) is 5.91 Å². The molecule has 1 heterocycles. The molecule has 0 saturated heterocycles. The van der Waals surface area contributed by atoms with Crippen LogP contribution in [0.1, 0.15) is 26.3 Å². The number of amides is 2. The van der Waals surface area contributed by atoms with E-state index < -0.39 is 23.8 Å². The molecule has 132 valence electrons. The summed E-state index contributed by atoms with van der Waals surface area (Å²) in [6.45, 7) is 0. The number of carbonyl (C=O) groups excluding carboxylic acids is 2. The van der Waals surface area contributed by atoms with E-state index in [0.717, 1.165) is 16.5 Å². The smallest absolute Gasteiger partial charge is 0.326 e. The average molecular weight is 351 g/mol. The lowest BCUT2D eigenvalue weighted by atomic mass is 10.0. The van der Waals surface area contributed by atoms with E-state index in [1.807, 2.05) is 24.3 Å². The highest BCUT2D eigenvalue weighted by Gasteiger charge is 2.24. The van der Waals surface area contributed by atoms with Crippen LogP contribution in [0.25, 0.3) is 10.9 Å². The topological polar surface area (TPSA) is 125 Å². The van der Waals surface area contributed by atoms with Gasteiger partial charge >= 0.3 is 5.97 Å². The van der Waals surface area contributed by atoms with E-state index in [2.05, 4.69) is 10.3 Å². The van der Waals surface area contributed by atoms with Crippen molar-refractivity contribution in [3.63, 3.8) is 0 Å². The van der Waals surface area contributed by atoms with Crippen molar-refractivity contribution in [2.75, 3.05) is 0 Å². The molecule has 7 heteroatoms. The van der Waals surface area contributed by atoms with Gasteiger partial charge in [-0.25, -0.2) is 4.79 Å². The van der Waals surface area contributed by atoms with Crippen LogP contribution < -0.4 is 11.1 Å². The van der Waals surface area contributed by atoms with Crippen LogP contribution >= 0.6 is 0 Å². The van der Waals surface area contributed by atoms with Gasteiger partial charge in [0.1, 0.15) is 6.04 Å². The minimum Gasteiger partial charge on any atom is -0.480 e. The van der Waals surface area contributed by atoms with Crippen molar-refractivity contribution >= 4 is 28.7 Å². The van der Waals surface area contributed by atoms with Crippen LogP contribution in [0.2, 0.25) is 0 Å². The molecular formula is C19H17N3O4. The number of carbonyl (C=O) groups is 3. The van der Waals surface area contributed by atoms with E-state index in [1.54, 1.807) is 18.3 Å². The quantitative estimate of drug-likeness (QED) is 0.539. The summed E-state index contributed by atoms with van der Waals surface area (Å²) in [5.74, 6) is -2.58. The number of nitrogens with one attached hydrogen (secondary N) is 2. The number of hydrogen-bond donors (Lipinski definition) is 4. The Balaban J connectivity index is 1.84. The monoisotopic (exact) mass is 351 g/mol. The predicted molar refractivity (Wildman–Crippen MR) is 95.9 cm³/mol. The van der Waals surface area contributed by atoms with E-state index in [1.165, 1.54) is 12.1 Å². The molecule has 0 fully saturated rings. The summed E-state index contributed by atoms with van der Waals surface area (Å²) in [5.41, 5.74) is 7.03. The third-order valence-electron chi connectivity index (χ3n) is 4.14. The van der Waals surface area contributed by atoms with Gasteiger partial charge in [0, 0.05) is 23.5 Å². The van der Waals surface area contributed by atoms with Gasteiger partial charge in [0.05, 0.1) is 11.1 Å². The number of carboxylic acid groups (broad SMARTS) is 1. The molecule has 0 aliphatic carbocycles. The number of aromatic nitrogens is 1. The molecule has 1 atom stereocenters. The maximum absolute atomic E-state index is 12.5. The lowest BCUT2D eigenvalue weighted by molar-refractivity contribution is -0.139. The summed E-state index contributed by atoms with van der Waals surface area (Å²) in [7, 11) is 0. The number of para-hydroxylation sites is 1.